The average molecular weight is 415 g/mol. The molecule has 0 heterocycles. The van der Waals surface area contributed by atoms with E-state index in [2.05, 4.69) is 10.1 Å². The normalized spacial score (nSPS) is 10.4. The molecule has 6 nitrogen and oxygen atoms in total. The molecule has 0 atom stereocenters. The van der Waals surface area contributed by atoms with Gasteiger partial charge in [0.2, 0.25) is 0 Å². The Morgan fingerprint density at radius 1 is 0.900 bits per heavy atom. The molecule has 0 radical (unpaired) electrons. The number of benzene rings is 3. The van der Waals surface area contributed by atoms with Crippen LogP contribution >= 0.6 is 0 Å². The lowest BCUT2D eigenvalue weighted by molar-refractivity contribution is -0.118. The van der Waals surface area contributed by atoms with Crippen LogP contribution < -0.4 is 24.3 Å². The predicted molar refractivity (Wildman–Crippen MR) is 107 cm³/mol. The van der Waals surface area contributed by atoms with E-state index in [1.165, 1.54) is 25.3 Å². The first-order valence-corrected chi connectivity index (χ1v) is 8.92. The van der Waals surface area contributed by atoms with Crippen molar-refractivity contribution in [3.05, 3.63) is 72.8 Å². The number of hydrogen-bond donors (Lipinski definition) is 1. The van der Waals surface area contributed by atoms with Crippen molar-refractivity contribution in [2.75, 3.05) is 19.0 Å². The summed E-state index contributed by atoms with van der Waals surface area (Å²) < 4.78 is 45.5. The summed E-state index contributed by atoms with van der Waals surface area (Å²) in [5.41, 5.74) is 0.270. The number of anilines is 1. The van der Waals surface area contributed by atoms with Crippen LogP contribution in [0.4, 0.5) is 14.5 Å². The topological polar surface area (TPSA) is 66.0 Å². The van der Waals surface area contributed by atoms with E-state index in [9.17, 15) is 13.6 Å². The Labute approximate surface area is 172 Å². The summed E-state index contributed by atoms with van der Waals surface area (Å²) in [7, 11) is 1.33. The molecule has 0 aromatic heterocycles. The van der Waals surface area contributed by atoms with Crippen molar-refractivity contribution in [1.29, 1.82) is 0 Å². The van der Waals surface area contributed by atoms with Gasteiger partial charge >= 0.3 is 6.61 Å². The number of methoxy groups -OCH3 is 1. The molecule has 0 unspecified atom stereocenters. The number of hydrogen-bond acceptors (Lipinski definition) is 5. The molecule has 156 valence electrons. The number of rotatable bonds is 9. The van der Waals surface area contributed by atoms with Crippen molar-refractivity contribution in [2.45, 2.75) is 6.61 Å². The quantitative estimate of drug-likeness (QED) is 0.526. The second kappa shape index (κ2) is 10.1. The molecule has 0 aliphatic carbocycles. The molecule has 0 saturated carbocycles. The second-order valence-corrected chi connectivity index (χ2v) is 5.97. The van der Waals surface area contributed by atoms with Gasteiger partial charge in [0.15, 0.2) is 18.1 Å². The van der Waals surface area contributed by atoms with Crippen LogP contribution in [0.5, 0.6) is 28.7 Å². The van der Waals surface area contributed by atoms with Crippen LogP contribution in [0.15, 0.2) is 72.8 Å². The molecule has 0 aliphatic rings. The van der Waals surface area contributed by atoms with E-state index in [0.717, 1.165) is 0 Å². The van der Waals surface area contributed by atoms with E-state index in [1.807, 2.05) is 30.3 Å². The molecule has 0 aliphatic heterocycles. The summed E-state index contributed by atoms with van der Waals surface area (Å²) in [5, 5.41) is 2.55. The smallest absolute Gasteiger partial charge is 0.387 e. The van der Waals surface area contributed by atoms with Crippen molar-refractivity contribution in [3.8, 4) is 28.7 Å². The molecule has 0 fully saturated rings. The summed E-state index contributed by atoms with van der Waals surface area (Å²) >= 11 is 0. The van der Waals surface area contributed by atoms with Gasteiger partial charge in [-0.1, -0.05) is 18.2 Å². The van der Waals surface area contributed by atoms with Crippen LogP contribution in [0.25, 0.3) is 0 Å². The fraction of sp³-hybridized carbons (Fsp3) is 0.136. The average Bonchev–Trinajstić information content (AvgIpc) is 2.74. The van der Waals surface area contributed by atoms with Crippen molar-refractivity contribution >= 4 is 11.6 Å². The van der Waals surface area contributed by atoms with Crippen molar-refractivity contribution < 1.29 is 32.5 Å². The first-order valence-electron chi connectivity index (χ1n) is 8.92. The van der Waals surface area contributed by atoms with Gasteiger partial charge in [-0.15, -0.1) is 0 Å². The molecule has 3 aromatic carbocycles. The number of alkyl halides is 2. The van der Waals surface area contributed by atoms with Crippen molar-refractivity contribution in [1.82, 2.24) is 0 Å². The lowest BCUT2D eigenvalue weighted by Gasteiger charge is -2.12. The maximum absolute atomic E-state index is 12.5. The highest BCUT2D eigenvalue weighted by Gasteiger charge is 2.13. The lowest BCUT2D eigenvalue weighted by atomic mass is 10.2. The van der Waals surface area contributed by atoms with E-state index in [4.69, 9.17) is 14.2 Å². The van der Waals surface area contributed by atoms with Crippen LogP contribution in [0, 0.1) is 0 Å². The number of carbonyl (C=O) groups excluding carboxylic acids is 1. The van der Waals surface area contributed by atoms with Gasteiger partial charge in [0.1, 0.15) is 17.2 Å². The van der Waals surface area contributed by atoms with Gasteiger partial charge in [-0.05, 0) is 48.5 Å². The highest BCUT2D eigenvalue weighted by atomic mass is 19.3. The van der Waals surface area contributed by atoms with Crippen molar-refractivity contribution in [2.24, 2.45) is 0 Å². The van der Waals surface area contributed by atoms with E-state index in [1.54, 1.807) is 24.3 Å². The summed E-state index contributed by atoms with van der Waals surface area (Å²) in [6.07, 6.45) is 0. The third kappa shape index (κ3) is 6.10. The Kier molecular flexibility index (Phi) is 7.05. The Balaban J connectivity index is 1.53. The minimum absolute atomic E-state index is 0.127. The lowest BCUT2D eigenvalue weighted by Crippen LogP contribution is -2.20. The van der Waals surface area contributed by atoms with E-state index in [-0.39, 0.29) is 23.8 Å². The zero-order valence-electron chi connectivity index (χ0n) is 16.0. The van der Waals surface area contributed by atoms with Crippen LogP contribution in [0.1, 0.15) is 0 Å². The summed E-state index contributed by atoms with van der Waals surface area (Å²) in [4.78, 5) is 12.1. The molecule has 0 saturated heterocycles. The van der Waals surface area contributed by atoms with E-state index < -0.39 is 12.5 Å². The minimum Gasteiger partial charge on any atom is -0.493 e. The van der Waals surface area contributed by atoms with Crippen molar-refractivity contribution in [3.63, 3.8) is 0 Å². The van der Waals surface area contributed by atoms with Gasteiger partial charge in [0.25, 0.3) is 5.91 Å². The summed E-state index contributed by atoms with van der Waals surface area (Å²) in [6, 6.07) is 20.3. The van der Waals surface area contributed by atoms with E-state index >= 15 is 0 Å². The Bertz CT molecular complexity index is 965. The molecule has 0 bridgehead atoms. The van der Waals surface area contributed by atoms with Gasteiger partial charge in [0, 0.05) is 11.8 Å². The first-order chi connectivity index (χ1) is 14.5. The number of nitrogens with one attached hydrogen (secondary N) is 1. The Morgan fingerprint density at radius 3 is 2.23 bits per heavy atom. The predicted octanol–water partition coefficient (Wildman–Crippen LogP) is 5.11. The summed E-state index contributed by atoms with van der Waals surface area (Å²) in [6.45, 7) is -3.28. The van der Waals surface area contributed by atoms with E-state index in [0.29, 0.717) is 17.2 Å². The second-order valence-electron chi connectivity index (χ2n) is 5.97. The molecule has 3 aromatic rings. The summed E-state index contributed by atoms with van der Waals surface area (Å²) in [5.74, 6) is 1.29. The van der Waals surface area contributed by atoms with Crippen LogP contribution in [-0.4, -0.2) is 26.2 Å². The SMILES string of the molecule is COc1ccc(NC(=O)COc2ccc(Oc3ccccc3)cc2)cc1OC(F)F. The van der Waals surface area contributed by atoms with Crippen LogP contribution in [0.3, 0.4) is 0 Å². The third-order valence-corrected chi connectivity index (χ3v) is 3.84. The first kappa shape index (κ1) is 20.9. The Hall–Kier alpha value is -3.81. The number of halogens is 2. The molecular formula is C22H19F2NO5. The zero-order valence-corrected chi connectivity index (χ0v) is 16.0. The molecular weight excluding hydrogens is 396 g/mol. The fourth-order valence-corrected chi connectivity index (χ4v) is 2.52. The van der Waals surface area contributed by atoms with Gasteiger partial charge < -0.3 is 24.3 Å². The Morgan fingerprint density at radius 2 is 1.57 bits per heavy atom. The van der Waals surface area contributed by atoms with Crippen LogP contribution in [0.2, 0.25) is 0 Å². The van der Waals surface area contributed by atoms with Gasteiger partial charge in [-0.3, -0.25) is 4.79 Å². The number of ether oxygens (including phenoxy) is 4. The molecule has 1 N–H and O–H groups in total. The van der Waals surface area contributed by atoms with Gasteiger partial charge in [0.05, 0.1) is 7.11 Å². The largest absolute Gasteiger partial charge is 0.493 e. The molecule has 3 rings (SSSR count). The number of carbonyl (C=O) groups is 1. The zero-order chi connectivity index (χ0) is 21.3. The molecule has 1 amide bonds. The standard InChI is InChI=1S/C22H19F2NO5/c1-27-19-12-7-15(13-20(19)30-22(23)24)25-21(26)14-28-16-8-10-18(11-9-16)29-17-5-3-2-4-6-17/h2-13,22H,14H2,1H3,(H,25,26). The fourth-order valence-electron chi connectivity index (χ4n) is 2.52. The minimum atomic E-state index is -3.01. The van der Waals surface area contributed by atoms with Gasteiger partial charge in [-0.25, -0.2) is 0 Å². The maximum atomic E-state index is 12.5. The molecule has 30 heavy (non-hydrogen) atoms. The monoisotopic (exact) mass is 415 g/mol. The highest BCUT2D eigenvalue weighted by Crippen LogP contribution is 2.31. The van der Waals surface area contributed by atoms with Crippen LogP contribution in [-0.2, 0) is 4.79 Å². The molecule has 8 heteroatoms. The number of para-hydroxylation sites is 1. The number of amides is 1. The third-order valence-electron chi connectivity index (χ3n) is 3.84. The highest BCUT2D eigenvalue weighted by molar-refractivity contribution is 5.92. The van der Waals surface area contributed by atoms with Gasteiger partial charge in [-0.2, -0.15) is 8.78 Å². The maximum Gasteiger partial charge on any atom is 0.387 e. The molecule has 0 spiro atoms.